The van der Waals surface area contributed by atoms with E-state index >= 15 is 0 Å². The van der Waals surface area contributed by atoms with Crippen LogP contribution in [0.1, 0.15) is 13.8 Å². The maximum absolute atomic E-state index is 9.25. The zero-order chi connectivity index (χ0) is 7.72. The lowest BCUT2D eigenvalue weighted by molar-refractivity contribution is 0.000154. The first-order chi connectivity index (χ1) is 4.63. The summed E-state index contributed by atoms with van der Waals surface area (Å²) in [6.07, 6.45) is -1.57. The van der Waals surface area contributed by atoms with Crippen LogP contribution < -0.4 is 0 Å². The second-order valence-electron chi connectivity index (χ2n) is 3.10. The molecular weight excluding hydrogens is 132 g/mol. The summed E-state index contributed by atoms with van der Waals surface area (Å²) in [6, 6.07) is 0. The van der Waals surface area contributed by atoms with E-state index in [1.54, 1.807) is 0 Å². The van der Waals surface area contributed by atoms with Crippen LogP contribution in [0, 0.1) is 5.92 Å². The molecule has 0 aromatic heterocycles. The maximum Gasteiger partial charge on any atom is 0.108 e. The number of hydrogen-bond acceptors (Lipinski definition) is 3. The zero-order valence-corrected chi connectivity index (χ0v) is 6.32. The molecule has 0 saturated carbocycles. The van der Waals surface area contributed by atoms with Crippen LogP contribution in [0.4, 0.5) is 0 Å². The Bertz CT molecular complexity index is 113. The van der Waals surface area contributed by atoms with E-state index in [0.29, 0.717) is 0 Å². The van der Waals surface area contributed by atoms with E-state index in [1.807, 2.05) is 13.8 Å². The summed E-state index contributed by atoms with van der Waals surface area (Å²) in [5.74, 6) is 0.271. The van der Waals surface area contributed by atoms with Crippen LogP contribution in [0.5, 0.6) is 0 Å². The average Bonchev–Trinajstić information content (AvgIpc) is 2.14. The molecule has 0 amide bonds. The third-order valence-electron chi connectivity index (χ3n) is 1.85. The summed E-state index contributed by atoms with van der Waals surface area (Å²) >= 11 is 0. The van der Waals surface area contributed by atoms with Gasteiger partial charge in [-0.25, -0.2) is 0 Å². The lowest BCUT2D eigenvalue weighted by atomic mass is 10.0. The summed E-state index contributed by atoms with van der Waals surface area (Å²) in [7, 11) is 0. The third-order valence-corrected chi connectivity index (χ3v) is 1.85. The number of rotatable bonds is 1. The first-order valence-corrected chi connectivity index (χ1v) is 3.60. The Morgan fingerprint density at radius 2 is 2.00 bits per heavy atom. The minimum atomic E-state index is -0.694. The molecule has 60 valence electrons. The first-order valence-electron chi connectivity index (χ1n) is 3.60. The summed E-state index contributed by atoms with van der Waals surface area (Å²) in [4.78, 5) is 0. The summed E-state index contributed by atoms with van der Waals surface area (Å²) in [5.41, 5.74) is 0. The number of hydrogen-bond donors (Lipinski definition) is 2. The molecule has 10 heavy (non-hydrogen) atoms. The highest BCUT2D eigenvalue weighted by Gasteiger charge is 2.36. The van der Waals surface area contributed by atoms with E-state index in [0.717, 1.165) is 0 Å². The minimum absolute atomic E-state index is 0.185. The average molecular weight is 146 g/mol. The van der Waals surface area contributed by atoms with E-state index in [9.17, 15) is 5.11 Å². The van der Waals surface area contributed by atoms with Gasteiger partial charge in [-0.15, -0.1) is 0 Å². The van der Waals surface area contributed by atoms with Crippen molar-refractivity contribution in [3.8, 4) is 0 Å². The van der Waals surface area contributed by atoms with E-state index in [1.165, 1.54) is 0 Å². The molecule has 0 aromatic carbocycles. The molecule has 0 bridgehead atoms. The Balaban J connectivity index is 2.49. The Morgan fingerprint density at radius 3 is 2.20 bits per heavy atom. The van der Waals surface area contributed by atoms with Crippen LogP contribution in [0.2, 0.25) is 0 Å². The minimum Gasteiger partial charge on any atom is -0.388 e. The van der Waals surface area contributed by atoms with Gasteiger partial charge >= 0.3 is 0 Å². The van der Waals surface area contributed by atoms with Gasteiger partial charge in [0.2, 0.25) is 0 Å². The SMILES string of the molecule is CC(C)[C@@H]1OC[C@H](O)[C@@H]1O. The molecule has 3 heteroatoms. The van der Waals surface area contributed by atoms with Crippen LogP contribution in [0.15, 0.2) is 0 Å². The van der Waals surface area contributed by atoms with E-state index in [4.69, 9.17) is 9.84 Å². The van der Waals surface area contributed by atoms with Gasteiger partial charge in [0, 0.05) is 0 Å². The van der Waals surface area contributed by atoms with Gasteiger partial charge in [-0.2, -0.15) is 0 Å². The van der Waals surface area contributed by atoms with Crippen LogP contribution >= 0.6 is 0 Å². The van der Waals surface area contributed by atoms with Gasteiger partial charge in [0.05, 0.1) is 12.7 Å². The Kier molecular flexibility index (Phi) is 2.28. The normalized spacial score (nSPS) is 41.1. The molecule has 1 rings (SSSR count). The van der Waals surface area contributed by atoms with E-state index < -0.39 is 12.2 Å². The number of aliphatic hydroxyl groups excluding tert-OH is 2. The Morgan fingerprint density at radius 1 is 1.40 bits per heavy atom. The van der Waals surface area contributed by atoms with Crippen molar-refractivity contribution in [2.24, 2.45) is 5.92 Å². The van der Waals surface area contributed by atoms with Crippen molar-refractivity contribution in [2.45, 2.75) is 32.2 Å². The van der Waals surface area contributed by atoms with Crippen molar-refractivity contribution in [3.05, 3.63) is 0 Å². The Hall–Kier alpha value is -0.120. The molecule has 0 spiro atoms. The van der Waals surface area contributed by atoms with Gasteiger partial charge in [-0.05, 0) is 5.92 Å². The number of aliphatic hydroxyl groups is 2. The highest BCUT2D eigenvalue weighted by molar-refractivity contribution is 4.84. The molecule has 3 atom stereocenters. The molecule has 0 unspecified atom stereocenters. The van der Waals surface area contributed by atoms with Gasteiger partial charge in [-0.1, -0.05) is 13.8 Å². The fourth-order valence-electron chi connectivity index (χ4n) is 1.21. The second kappa shape index (κ2) is 2.86. The fourth-order valence-corrected chi connectivity index (χ4v) is 1.21. The monoisotopic (exact) mass is 146 g/mol. The molecule has 1 fully saturated rings. The standard InChI is InChI=1S/C7H14O3/c1-4(2)7-6(9)5(8)3-10-7/h4-9H,3H2,1-2H3/t5-,6-,7-/m0/s1. The van der Waals surface area contributed by atoms with Crippen LogP contribution in [0.25, 0.3) is 0 Å². The summed E-state index contributed by atoms with van der Waals surface area (Å²) in [5, 5.41) is 18.3. The quantitative estimate of drug-likeness (QED) is 0.537. The van der Waals surface area contributed by atoms with Crippen LogP contribution in [-0.2, 0) is 4.74 Å². The molecular formula is C7H14O3. The van der Waals surface area contributed by atoms with Gasteiger partial charge in [0.25, 0.3) is 0 Å². The predicted molar refractivity (Wildman–Crippen MR) is 36.6 cm³/mol. The third kappa shape index (κ3) is 1.31. The van der Waals surface area contributed by atoms with Gasteiger partial charge in [0.15, 0.2) is 0 Å². The highest BCUT2D eigenvalue weighted by Crippen LogP contribution is 2.20. The first kappa shape index (κ1) is 7.98. The van der Waals surface area contributed by atoms with E-state index in [-0.39, 0.29) is 18.6 Å². The maximum atomic E-state index is 9.25. The summed E-state index contributed by atoms with van der Waals surface area (Å²) < 4.78 is 5.14. The van der Waals surface area contributed by atoms with E-state index in [2.05, 4.69) is 0 Å². The van der Waals surface area contributed by atoms with Crippen molar-refractivity contribution in [3.63, 3.8) is 0 Å². The molecule has 3 nitrogen and oxygen atoms in total. The molecule has 2 N–H and O–H groups in total. The van der Waals surface area contributed by atoms with Crippen molar-refractivity contribution >= 4 is 0 Å². The lowest BCUT2D eigenvalue weighted by Gasteiger charge is -2.17. The van der Waals surface area contributed by atoms with Crippen LogP contribution in [0.3, 0.4) is 0 Å². The van der Waals surface area contributed by atoms with Crippen molar-refractivity contribution < 1.29 is 14.9 Å². The molecule has 0 aliphatic carbocycles. The number of ether oxygens (including phenoxy) is 1. The molecule has 0 aromatic rings. The van der Waals surface area contributed by atoms with Crippen molar-refractivity contribution in [2.75, 3.05) is 6.61 Å². The second-order valence-corrected chi connectivity index (χ2v) is 3.10. The van der Waals surface area contributed by atoms with Crippen molar-refractivity contribution in [1.29, 1.82) is 0 Å². The predicted octanol–water partition coefficient (Wildman–Crippen LogP) is -0.237. The lowest BCUT2D eigenvalue weighted by Crippen LogP contribution is -2.33. The zero-order valence-electron chi connectivity index (χ0n) is 6.32. The summed E-state index contributed by atoms with van der Waals surface area (Å²) in [6.45, 7) is 4.20. The molecule has 1 saturated heterocycles. The smallest absolute Gasteiger partial charge is 0.108 e. The van der Waals surface area contributed by atoms with Gasteiger partial charge in [0.1, 0.15) is 12.2 Å². The van der Waals surface area contributed by atoms with Crippen LogP contribution in [-0.4, -0.2) is 35.1 Å². The Labute approximate surface area is 60.6 Å². The molecule has 1 aliphatic rings. The fraction of sp³-hybridized carbons (Fsp3) is 1.00. The topological polar surface area (TPSA) is 49.7 Å². The molecule has 1 aliphatic heterocycles. The van der Waals surface area contributed by atoms with Crippen molar-refractivity contribution in [1.82, 2.24) is 0 Å². The highest BCUT2D eigenvalue weighted by atomic mass is 16.5. The largest absolute Gasteiger partial charge is 0.388 e. The van der Waals surface area contributed by atoms with Gasteiger partial charge < -0.3 is 14.9 Å². The molecule has 1 heterocycles. The molecule has 0 radical (unpaired) electrons. The van der Waals surface area contributed by atoms with Gasteiger partial charge in [-0.3, -0.25) is 0 Å².